The Balaban J connectivity index is 1.48. The van der Waals surface area contributed by atoms with Gasteiger partial charge in [-0.05, 0) is 25.0 Å². The van der Waals surface area contributed by atoms with E-state index in [2.05, 4.69) is 5.10 Å². The van der Waals surface area contributed by atoms with E-state index in [9.17, 15) is 19.2 Å². The number of esters is 2. The number of methoxy groups -OCH3 is 1. The highest BCUT2D eigenvalue weighted by Gasteiger charge is 2.28. The number of rotatable bonds is 6. The lowest BCUT2D eigenvalue weighted by Gasteiger charge is -2.30. The molecule has 10 heteroatoms. The smallest absolute Gasteiger partial charge is 0.437 e. The molecule has 1 amide bonds. The summed E-state index contributed by atoms with van der Waals surface area (Å²) in [5, 5.41) is 3.97. The number of carbonyl (C=O) groups is 3. The van der Waals surface area contributed by atoms with Crippen molar-refractivity contribution in [2.75, 3.05) is 26.8 Å². The van der Waals surface area contributed by atoms with Crippen molar-refractivity contribution in [1.29, 1.82) is 0 Å². The van der Waals surface area contributed by atoms with E-state index < -0.39 is 24.9 Å². The van der Waals surface area contributed by atoms with Gasteiger partial charge in [-0.2, -0.15) is 4.68 Å². The lowest BCUT2D eigenvalue weighted by Crippen LogP contribution is -2.42. The number of carbonyl (C=O) groups excluding carboxylic acids is 3. The monoisotopic (exact) mass is 403 g/mol. The second-order valence-electron chi connectivity index (χ2n) is 6.54. The summed E-state index contributed by atoms with van der Waals surface area (Å²) in [6.07, 6.45) is 1.01. The molecule has 1 aromatic carbocycles. The Labute approximate surface area is 166 Å². The highest BCUT2D eigenvalue weighted by Crippen LogP contribution is 2.18. The van der Waals surface area contributed by atoms with E-state index >= 15 is 0 Å². The van der Waals surface area contributed by atoms with Gasteiger partial charge in [0.2, 0.25) is 5.89 Å². The van der Waals surface area contributed by atoms with Gasteiger partial charge in [-0.3, -0.25) is 14.4 Å². The molecule has 29 heavy (non-hydrogen) atoms. The molecule has 10 nitrogen and oxygen atoms in total. The Hall–Kier alpha value is -3.43. The molecule has 0 spiro atoms. The first-order valence-corrected chi connectivity index (χ1v) is 9.12. The number of amides is 1. The first-order chi connectivity index (χ1) is 14.0. The summed E-state index contributed by atoms with van der Waals surface area (Å²) >= 11 is 0. The number of piperidine rings is 1. The van der Waals surface area contributed by atoms with Crippen LogP contribution >= 0.6 is 0 Å². The van der Waals surface area contributed by atoms with Crippen LogP contribution in [0, 0.1) is 5.92 Å². The SMILES string of the molecule is COC(=O)C1CCN(C(=O)COC(=O)Cn2nc(-c3ccccc3)oc2=O)CC1. The number of likely N-dealkylation sites (tertiary alicyclic amines) is 1. The molecule has 0 N–H and O–H groups in total. The predicted molar refractivity (Wildman–Crippen MR) is 98.5 cm³/mol. The summed E-state index contributed by atoms with van der Waals surface area (Å²) in [6, 6.07) is 8.78. The summed E-state index contributed by atoms with van der Waals surface area (Å²) in [4.78, 5) is 49.1. The van der Waals surface area contributed by atoms with Gasteiger partial charge in [-0.15, -0.1) is 5.10 Å². The molecule has 0 atom stereocenters. The van der Waals surface area contributed by atoms with Crippen LogP contribution in [0.2, 0.25) is 0 Å². The van der Waals surface area contributed by atoms with Gasteiger partial charge in [-0.1, -0.05) is 18.2 Å². The van der Waals surface area contributed by atoms with E-state index in [1.165, 1.54) is 12.0 Å². The number of hydrogen-bond donors (Lipinski definition) is 0. The fourth-order valence-electron chi connectivity index (χ4n) is 3.04. The Morgan fingerprint density at radius 3 is 2.52 bits per heavy atom. The van der Waals surface area contributed by atoms with Crippen LogP contribution in [-0.4, -0.2) is 59.3 Å². The van der Waals surface area contributed by atoms with E-state index in [1.54, 1.807) is 24.3 Å². The third-order valence-corrected chi connectivity index (χ3v) is 4.64. The predicted octanol–water partition coefficient (Wildman–Crippen LogP) is 0.458. The molecule has 0 aliphatic carbocycles. The van der Waals surface area contributed by atoms with Crippen molar-refractivity contribution in [2.24, 2.45) is 5.92 Å². The van der Waals surface area contributed by atoms with Crippen molar-refractivity contribution < 1.29 is 28.3 Å². The standard InChI is InChI=1S/C19H21N3O7/c1-27-18(25)14-7-9-21(10-8-14)15(23)12-28-16(24)11-22-19(26)29-17(20-22)13-5-3-2-4-6-13/h2-6,14H,7-12H2,1H3. The number of aromatic nitrogens is 2. The average Bonchev–Trinajstić information content (AvgIpc) is 3.12. The minimum absolute atomic E-state index is 0.0907. The fraction of sp³-hybridized carbons (Fsp3) is 0.421. The van der Waals surface area contributed by atoms with Gasteiger partial charge in [0.15, 0.2) is 6.61 Å². The van der Waals surface area contributed by atoms with Crippen LogP contribution < -0.4 is 5.76 Å². The molecule has 2 aromatic rings. The average molecular weight is 403 g/mol. The maximum Gasteiger partial charge on any atom is 0.437 e. The summed E-state index contributed by atoms with van der Waals surface area (Å²) in [5.41, 5.74) is 0.599. The van der Waals surface area contributed by atoms with E-state index in [-0.39, 0.29) is 23.7 Å². The largest absolute Gasteiger partial charge is 0.469 e. The van der Waals surface area contributed by atoms with Gasteiger partial charge in [0.1, 0.15) is 6.54 Å². The molecular formula is C19H21N3O7. The van der Waals surface area contributed by atoms with Gasteiger partial charge >= 0.3 is 17.7 Å². The molecule has 0 bridgehead atoms. The molecule has 3 rings (SSSR count). The third-order valence-electron chi connectivity index (χ3n) is 4.64. The minimum atomic E-state index is -0.794. The van der Waals surface area contributed by atoms with Crippen LogP contribution in [0.5, 0.6) is 0 Å². The summed E-state index contributed by atoms with van der Waals surface area (Å²) < 4.78 is 15.6. The highest BCUT2D eigenvalue weighted by molar-refractivity contribution is 5.81. The van der Waals surface area contributed by atoms with Gasteiger partial charge in [0, 0.05) is 18.7 Å². The van der Waals surface area contributed by atoms with Crippen molar-refractivity contribution in [1.82, 2.24) is 14.7 Å². The van der Waals surface area contributed by atoms with Crippen LogP contribution in [0.25, 0.3) is 11.5 Å². The zero-order valence-corrected chi connectivity index (χ0v) is 15.9. The van der Waals surface area contributed by atoms with Crippen molar-refractivity contribution >= 4 is 17.8 Å². The van der Waals surface area contributed by atoms with Crippen molar-refractivity contribution in [3.05, 3.63) is 40.9 Å². The summed E-state index contributed by atoms with van der Waals surface area (Å²) in [7, 11) is 1.34. The molecule has 0 saturated carbocycles. The van der Waals surface area contributed by atoms with Crippen LogP contribution in [0.1, 0.15) is 12.8 Å². The van der Waals surface area contributed by atoms with Gasteiger partial charge < -0.3 is 18.8 Å². The number of hydrogen-bond acceptors (Lipinski definition) is 8. The molecule has 154 valence electrons. The molecule has 0 unspecified atom stereocenters. The first kappa shape index (κ1) is 20.3. The van der Waals surface area contributed by atoms with Gasteiger partial charge in [-0.25, -0.2) is 4.79 Å². The molecule has 1 aromatic heterocycles. The van der Waals surface area contributed by atoms with Crippen LogP contribution in [0.4, 0.5) is 0 Å². The fourth-order valence-corrected chi connectivity index (χ4v) is 3.04. The molecule has 1 fully saturated rings. The zero-order valence-electron chi connectivity index (χ0n) is 15.9. The molecule has 1 saturated heterocycles. The normalized spacial score (nSPS) is 14.4. The molecule has 0 radical (unpaired) electrons. The van der Waals surface area contributed by atoms with Crippen molar-refractivity contribution in [3.63, 3.8) is 0 Å². The van der Waals surface area contributed by atoms with E-state index in [0.29, 0.717) is 31.5 Å². The van der Waals surface area contributed by atoms with E-state index in [1.807, 2.05) is 6.07 Å². The maximum absolute atomic E-state index is 12.2. The number of benzene rings is 1. The maximum atomic E-state index is 12.2. The quantitative estimate of drug-likeness (QED) is 0.638. The Kier molecular flexibility index (Phi) is 6.43. The zero-order chi connectivity index (χ0) is 20.8. The molecule has 2 heterocycles. The Bertz CT molecular complexity index is 927. The van der Waals surface area contributed by atoms with Crippen LogP contribution in [-0.2, 0) is 30.4 Å². The second-order valence-corrected chi connectivity index (χ2v) is 6.54. The highest BCUT2D eigenvalue weighted by atomic mass is 16.5. The van der Waals surface area contributed by atoms with Crippen LogP contribution in [0.3, 0.4) is 0 Å². The summed E-state index contributed by atoms with van der Waals surface area (Å²) in [5.74, 6) is -2.34. The molecule has 1 aliphatic heterocycles. The van der Waals surface area contributed by atoms with Crippen molar-refractivity contribution in [2.45, 2.75) is 19.4 Å². The van der Waals surface area contributed by atoms with Gasteiger partial charge in [0.05, 0.1) is 13.0 Å². The second kappa shape index (κ2) is 9.18. The number of ether oxygens (including phenoxy) is 2. The van der Waals surface area contributed by atoms with E-state index in [4.69, 9.17) is 13.9 Å². The van der Waals surface area contributed by atoms with E-state index in [0.717, 1.165) is 4.68 Å². The Morgan fingerprint density at radius 1 is 1.17 bits per heavy atom. The lowest BCUT2D eigenvalue weighted by atomic mass is 9.97. The topological polar surface area (TPSA) is 121 Å². The molecule has 1 aliphatic rings. The summed E-state index contributed by atoms with van der Waals surface area (Å²) in [6.45, 7) is -0.134. The lowest BCUT2D eigenvalue weighted by molar-refractivity contribution is -0.154. The van der Waals surface area contributed by atoms with Crippen molar-refractivity contribution in [3.8, 4) is 11.5 Å². The first-order valence-electron chi connectivity index (χ1n) is 9.12. The Morgan fingerprint density at radius 2 is 1.86 bits per heavy atom. The van der Waals surface area contributed by atoms with Crippen LogP contribution in [0.15, 0.2) is 39.5 Å². The van der Waals surface area contributed by atoms with Gasteiger partial charge in [0.25, 0.3) is 5.91 Å². The molecular weight excluding hydrogens is 382 g/mol. The minimum Gasteiger partial charge on any atom is -0.469 e. The number of nitrogens with zero attached hydrogens (tertiary/aromatic N) is 3. The third kappa shape index (κ3) is 5.09.